The van der Waals surface area contributed by atoms with Crippen LogP contribution in [0.15, 0.2) is 158 Å². The topological polar surface area (TPSA) is 307 Å². The molecule has 19 nitrogen and oxygen atoms in total. The molecule has 3 saturated heterocycles. The summed E-state index contributed by atoms with van der Waals surface area (Å²) in [5.74, 6) is -0.301. The Hall–Kier alpha value is -4.59. The van der Waals surface area contributed by atoms with E-state index >= 15 is 0 Å². The van der Waals surface area contributed by atoms with Crippen molar-refractivity contribution >= 4 is 5.91 Å². The Morgan fingerprint density at radius 1 is 0.333 bits per heavy atom. The minimum absolute atomic E-state index is 0.213. The summed E-state index contributed by atoms with van der Waals surface area (Å²) in [5.41, 5.74) is 0. The van der Waals surface area contributed by atoms with Crippen LogP contribution in [0, 0.1) is 0 Å². The Kier molecular flexibility index (Phi) is 63.2. The molecule has 3 aliphatic rings. The molecule has 111 heavy (non-hydrogen) atoms. The van der Waals surface area contributed by atoms with Crippen LogP contribution >= 0.6 is 0 Å². The number of ether oxygens (including phenoxy) is 6. The molecule has 0 aromatic heterocycles. The molecule has 3 heterocycles. The molecule has 1 amide bonds. The van der Waals surface area contributed by atoms with Gasteiger partial charge in [-0.1, -0.05) is 320 Å². The molecule has 3 rings (SSSR count). The van der Waals surface area contributed by atoms with Gasteiger partial charge in [-0.3, -0.25) is 4.79 Å². The zero-order valence-corrected chi connectivity index (χ0v) is 68.1. The third-order valence-electron chi connectivity index (χ3n) is 20.3. The lowest BCUT2D eigenvalue weighted by molar-refractivity contribution is -0.379. The van der Waals surface area contributed by atoms with Crippen LogP contribution in [0.2, 0.25) is 0 Å². The number of aliphatic hydroxyl groups is 11. The van der Waals surface area contributed by atoms with E-state index in [9.17, 15) is 61.0 Å². The van der Waals surface area contributed by atoms with Crippen molar-refractivity contribution < 1.29 is 89.4 Å². The van der Waals surface area contributed by atoms with Crippen molar-refractivity contribution in [2.45, 2.75) is 388 Å². The summed E-state index contributed by atoms with van der Waals surface area (Å²) in [6.07, 6.45) is 76.6. The average molecular weight is 1560 g/mol. The van der Waals surface area contributed by atoms with Crippen LogP contribution in [0.1, 0.15) is 284 Å². The Morgan fingerprint density at radius 3 is 1.01 bits per heavy atom. The highest BCUT2D eigenvalue weighted by Gasteiger charge is 2.54. The first-order valence-electron chi connectivity index (χ1n) is 43.2. The minimum Gasteiger partial charge on any atom is -0.394 e. The maximum Gasteiger partial charge on any atom is 0.220 e. The molecule has 0 aromatic carbocycles. The number of allylic oxidation sites excluding steroid dienone is 25. The largest absolute Gasteiger partial charge is 0.394 e. The second-order valence-electron chi connectivity index (χ2n) is 29.9. The Balaban J connectivity index is 1.36. The molecule has 0 radical (unpaired) electrons. The number of aliphatic hydroxyl groups excluding tert-OH is 11. The summed E-state index contributed by atoms with van der Waals surface area (Å²) in [4.78, 5) is 13.5. The standard InChI is InChI=1S/C92H153NO18/c1-3-5-7-9-11-13-15-17-19-21-23-25-27-29-30-31-32-33-34-35-36-37-38-39-40-41-42-43-44-46-48-50-52-54-56-58-60-62-64-66-68-70-80(98)93-75(76(97)69-67-65-63-61-59-57-55-53-51-49-47-45-28-26-24-22-20-18-16-14-12-10-8-6-4-2)74-106-90-86(104)83(101)88(78(72-95)108-90)111-92-87(105)84(102)89(79(73-96)109-92)110-91-85(103)82(100)81(99)77(71-94)107-91/h5,7,11,13,17,19,23,25,29-30,32-33,35-36,38-39,41-42,44,46,50,52,59,61,67,69,75-79,81-92,94-97,99-105H,3-4,6,8-10,12,14-16,18,20-22,24,26-28,31,34,37,40,43,45,47-49,51,53-58,60,62-66,68,70-74H2,1-2H3,(H,93,98)/b7-5-,13-11-,19-17-,25-23-,30-29-,33-32-,36-35-,39-38-,42-41-,46-44-,52-50-,61-59+,69-67+. The highest BCUT2D eigenvalue weighted by atomic mass is 16.8. The van der Waals surface area contributed by atoms with Crippen molar-refractivity contribution in [2.75, 3.05) is 26.4 Å². The van der Waals surface area contributed by atoms with Gasteiger partial charge < -0.3 is 89.9 Å². The predicted octanol–water partition coefficient (Wildman–Crippen LogP) is 16.0. The Bertz CT molecular complexity index is 2620. The van der Waals surface area contributed by atoms with Gasteiger partial charge in [0.15, 0.2) is 18.9 Å². The van der Waals surface area contributed by atoms with Crippen molar-refractivity contribution in [2.24, 2.45) is 0 Å². The fourth-order valence-electron chi connectivity index (χ4n) is 13.4. The van der Waals surface area contributed by atoms with Crippen LogP contribution in [0.4, 0.5) is 0 Å². The van der Waals surface area contributed by atoms with Crippen molar-refractivity contribution in [1.29, 1.82) is 0 Å². The first kappa shape index (κ1) is 101. The quantitative estimate of drug-likeness (QED) is 0.0199. The van der Waals surface area contributed by atoms with Crippen molar-refractivity contribution in [3.8, 4) is 0 Å². The number of rotatable bonds is 67. The molecular formula is C92H153NO18. The SMILES string of the molecule is CC/C=C\C/C=C\C/C=C\C/C=C\C/C=C\C/C=C\C/C=C\C/C=C\C/C=C\C/C=C\C/C=C\CCCCCCCCCC(=O)NC(COC1OC(CO)C(OC2OC(CO)C(OC3OC(CO)C(O)C(O)C3O)C(O)C2O)C(O)C1O)C(O)/C=C/CC/C=C/CCCCCCCCCCCCCCCCCCCCC. The van der Waals surface area contributed by atoms with E-state index in [1.165, 1.54) is 116 Å². The number of hydrogen-bond acceptors (Lipinski definition) is 18. The van der Waals surface area contributed by atoms with Gasteiger partial charge in [-0.25, -0.2) is 0 Å². The summed E-state index contributed by atoms with van der Waals surface area (Å²) in [5, 5.41) is 121. The zero-order valence-electron chi connectivity index (χ0n) is 68.1. The average Bonchev–Trinajstić information content (AvgIpc) is 0.780. The maximum atomic E-state index is 13.5. The maximum absolute atomic E-state index is 13.5. The van der Waals surface area contributed by atoms with E-state index in [0.717, 1.165) is 135 Å². The van der Waals surface area contributed by atoms with Gasteiger partial charge in [0.25, 0.3) is 0 Å². The number of hydrogen-bond donors (Lipinski definition) is 12. The summed E-state index contributed by atoms with van der Waals surface area (Å²) < 4.78 is 34.4. The molecule has 0 saturated carbocycles. The van der Waals surface area contributed by atoms with Crippen LogP contribution < -0.4 is 5.32 Å². The zero-order chi connectivity index (χ0) is 80.3. The molecule has 0 bridgehead atoms. The van der Waals surface area contributed by atoms with E-state index < -0.39 is 124 Å². The van der Waals surface area contributed by atoms with Gasteiger partial charge in [0.05, 0.1) is 38.6 Å². The van der Waals surface area contributed by atoms with Crippen LogP contribution in [0.25, 0.3) is 0 Å². The molecule has 634 valence electrons. The van der Waals surface area contributed by atoms with Gasteiger partial charge in [-0.05, 0) is 116 Å². The third-order valence-corrected chi connectivity index (χ3v) is 20.3. The molecule has 19 heteroatoms. The highest BCUT2D eigenvalue weighted by molar-refractivity contribution is 5.76. The van der Waals surface area contributed by atoms with Gasteiger partial charge in [-0.15, -0.1) is 0 Å². The van der Waals surface area contributed by atoms with Crippen LogP contribution in [-0.2, 0) is 33.2 Å². The summed E-state index contributed by atoms with van der Waals surface area (Å²) in [6, 6.07) is -1.01. The monoisotopic (exact) mass is 1560 g/mol. The molecule has 0 aromatic rings. The normalized spacial score (nSPS) is 25.9. The molecule has 17 atom stereocenters. The number of carbonyl (C=O) groups is 1. The van der Waals surface area contributed by atoms with Crippen LogP contribution in [0.5, 0.6) is 0 Å². The van der Waals surface area contributed by atoms with Crippen molar-refractivity contribution in [3.63, 3.8) is 0 Å². The first-order chi connectivity index (χ1) is 54.3. The molecule has 12 N–H and O–H groups in total. The van der Waals surface area contributed by atoms with E-state index in [1.54, 1.807) is 6.08 Å². The smallest absolute Gasteiger partial charge is 0.220 e. The highest BCUT2D eigenvalue weighted by Crippen LogP contribution is 2.33. The minimum atomic E-state index is -1.99. The number of carbonyl (C=O) groups excluding carboxylic acids is 1. The second kappa shape index (κ2) is 69.7. The van der Waals surface area contributed by atoms with Gasteiger partial charge in [-0.2, -0.15) is 0 Å². The van der Waals surface area contributed by atoms with E-state index in [2.05, 4.69) is 165 Å². The van der Waals surface area contributed by atoms with Gasteiger partial charge in [0.2, 0.25) is 5.91 Å². The molecule has 0 spiro atoms. The fraction of sp³-hybridized carbons (Fsp3) is 0.707. The Labute approximate surface area is 669 Å². The van der Waals surface area contributed by atoms with E-state index in [0.29, 0.717) is 12.8 Å². The van der Waals surface area contributed by atoms with E-state index in [4.69, 9.17) is 28.4 Å². The van der Waals surface area contributed by atoms with E-state index in [1.807, 2.05) is 6.08 Å². The lowest BCUT2D eigenvalue weighted by Gasteiger charge is -2.48. The van der Waals surface area contributed by atoms with Gasteiger partial charge >= 0.3 is 0 Å². The molecular weight excluding hydrogens is 1410 g/mol. The van der Waals surface area contributed by atoms with Gasteiger partial charge in [0.1, 0.15) is 73.2 Å². The molecule has 3 fully saturated rings. The lowest BCUT2D eigenvalue weighted by Crippen LogP contribution is -2.66. The van der Waals surface area contributed by atoms with E-state index in [-0.39, 0.29) is 18.9 Å². The van der Waals surface area contributed by atoms with Crippen molar-refractivity contribution in [3.05, 3.63) is 158 Å². The molecule has 17 unspecified atom stereocenters. The third kappa shape index (κ3) is 48.5. The number of unbranched alkanes of at least 4 members (excludes halogenated alkanes) is 27. The summed E-state index contributed by atoms with van der Waals surface area (Å²) in [7, 11) is 0. The predicted molar refractivity (Wildman–Crippen MR) is 447 cm³/mol. The van der Waals surface area contributed by atoms with Gasteiger partial charge in [0, 0.05) is 6.42 Å². The second-order valence-corrected chi connectivity index (χ2v) is 29.9. The Morgan fingerprint density at radius 2 is 0.631 bits per heavy atom. The molecule has 3 aliphatic heterocycles. The summed E-state index contributed by atoms with van der Waals surface area (Å²) in [6.45, 7) is 1.61. The summed E-state index contributed by atoms with van der Waals surface area (Å²) >= 11 is 0. The van der Waals surface area contributed by atoms with Crippen molar-refractivity contribution in [1.82, 2.24) is 5.32 Å². The fourth-order valence-corrected chi connectivity index (χ4v) is 13.4. The number of amides is 1. The number of nitrogens with one attached hydrogen (secondary N) is 1. The molecule has 0 aliphatic carbocycles. The lowest BCUT2D eigenvalue weighted by atomic mass is 9.96. The van der Waals surface area contributed by atoms with Crippen LogP contribution in [-0.4, -0.2) is 193 Å². The first-order valence-corrected chi connectivity index (χ1v) is 43.2. The van der Waals surface area contributed by atoms with Crippen LogP contribution in [0.3, 0.4) is 0 Å².